The Hall–Kier alpha value is -1.05. The second-order valence-corrected chi connectivity index (χ2v) is 3.56. The maximum Gasteiger partial charge on any atom is 0.338 e. The smallest absolute Gasteiger partial charge is 0.338 e. The molecule has 0 bridgehead atoms. The molecule has 88 valence electrons. The number of nitrogens with zero attached hydrogens (tertiary/aromatic N) is 1. The van der Waals surface area contributed by atoms with Gasteiger partial charge in [0.15, 0.2) is 5.82 Å². The van der Waals surface area contributed by atoms with Crippen LogP contribution in [0.25, 0.3) is 0 Å². The first-order chi connectivity index (χ1) is 7.51. The number of aromatic carboxylic acids is 1. The summed E-state index contributed by atoms with van der Waals surface area (Å²) in [5, 5.41) is 8.77. The monoisotopic (exact) mass is 293 g/mol. The zero-order chi connectivity index (χ0) is 12.3. The fourth-order valence-electron chi connectivity index (χ4n) is 1.13. The first-order valence-corrected chi connectivity index (χ1v) is 4.95. The molecule has 1 heterocycles. The van der Waals surface area contributed by atoms with E-state index in [4.69, 9.17) is 14.6 Å². The van der Waals surface area contributed by atoms with Crippen molar-refractivity contribution in [2.24, 2.45) is 0 Å². The SMILES string of the molecule is COC(OC)c1cc(C(=O)O)c(F)c(Br)n1. The standard InChI is InChI=1S/C9H9BrFNO4/c1-15-9(16-2)5-3-4(8(13)14)6(11)7(10)12-5/h3,9H,1-2H3,(H,13,14). The molecule has 7 heteroatoms. The third-order valence-corrected chi connectivity index (χ3v) is 2.36. The predicted octanol–water partition coefficient (Wildman–Crippen LogP) is 1.97. The van der Waals surface area contributed by atoms with Crippen molar-refractivity contribution in [3.63, 3.8) is 0 Å². The molecule has 0 amide bonds. The number of ether oxygens (including phenoxy) is 2. The molecular formula is C9H9BrFNO4. The van der Waals surface area contributed by atoms with Gasteiger partial charge in [-0.25, -0.2) is 14.2 Å². The van der Waals surface area contributed by atoms with E-state index in [0.29, 0.717) is 0 Å². The minimum atomic E-state index is -1.38. The fraction of sp³-hybridized carbons (Fsp3) is 0.333. The van der Waals surface area contributed by atoms with Crippen LogP contribution in [0.2, 0.25) is 0 Å². The maximum atomic E-state index is 13.3. The van der Waals surface area contributed by atoms with Gasteiger partial charge in [0, 0.05) is 14.2 Å². The van der Waals surface area contributed by atoms with Gasteiger partial charge in [0.25, 0.3) is 0 Å². The van der Waals surface area contributed by atoms with Gasteiger partial charge in [-0.2, -0.15) is 0 Å². The molecule has 0 unspecified atom stereocenters. The van der Waals surface area contributed by atoms with Crippen LogP contribution in [-0.2, 0) is 9.47 Å². The lowest BCUT2D eigenvalue weighted by atomic mass is 10.2. The van der Waals surface area contributed by atoms with Crippen molar-refractivity contribution < 1.29 is 23.8 Å². The Morgan fingerprint density at radius 2 is 2.12 bits per heavy atom. The number of pyridine rings is 1. The van der Waals surface area contributed by atoms with Crippen LogP contribution in [0.1, 0.15) is 22.3 Å². The lowest BCUT2D eigenvalue weighted by Gasteiger charge is -2.13. The van der Waals surface area contributed by atoms with E-state index >= 15 is 0 Å². The molecule has 0 fully saturated rings. The number of halogens is 2. The summed E-state index contributed by atoms with van der Waals surface area (Å²) >= 11 is 2.83. The van der Waals surface area contributed by atoms with E-state index < -0.39 is 23.6 Å². The number of rotatable bonds is 4. The first kappa shape index (κ1) is 13.0. The molecule has 1 rings (SSSR count). The predicted molar refractivity (Wildman–Crippen MR) is 55.6 cm³/mol. The van der Waals surface area contributed by atoms with E-state index in [2.05, 4.69) is 20.9 Å². The Morgan fingerprint density at radius 3 is 2.56 bits per heavy atom. The van der Waals surface area contributed by atoms with Crippen LogP contribution < -0.4 is 0 Å². The lowest BCUT2D eigenvalue weighted by Crippen LogP contribution is -2.11. The summed E-state index contributed by atoms with van der Waals surface area (Å²) in [5.41, 5.74) is -0.313. The van der Waals surface area contributed by atoms with Gasteiger partial charge in [0.2, 0.25) is 6.29 Å². The Balaban J connectivity index is 3.28. The van der Waals surface area contributed by atoms with Crippen LogP contribution in [0.5, 0.6) is 0 Å². The molecule has 0 spiro atoms. The molecule has 0 aliphatic heterocycles. The second kappa shape index (κ2) is 5.33. The van der Waals surface area contributed by atoms with E-state index in [9.17, 15) is 9.18 Å². The Bertz CT molecular complexity index is 409. The molecule has 0 atom stereocenters. The van der Waals surface area contributed by atoms with E-state index in [0.717, 1.165) is 6.07 Å². The van der Waals surface area contributed by atoms with Crippen LogP contribution in [0.4, 0.5) is 4.39 Å². The third kappa shape index (κ3) is 2.55. The quantitative estimate of drug-likeness (QED) is 0.679. The van der Waals surface area contributed by atoms with Gasteiger partial charge in [-0.1, -0.05) is 0 Å². The number of carboxylic acid groups (broad SMARTS) is 1. The fourth-order valence-corrected chi connectivity index (χ4v) is 1.55. The highest BCUT2D eigenvalue weighted by Gasteiger charge is 2.20. The van der Waals surface area contributed by atoms with E-state index in [1.54, 1.807) is 0 Å². The Kier molecular flexibility index (Phi) is 4.34. The highest BCUT2D eigenvalue weighted by Crippen LogP contribution is 2.23. The second-order valence-electron chi connectivity index (χ2n) is 2.81. The Morgan fingerprint density at radius 1 is 1.56 bits per heavy atom. The summed E-state index contributed by atoms with van der Waals surface area (Å²) in [5.74, 6) is -2.31. The number of aromatic nitrogens is 1. The van der Waals surface area contributed by atoms with Gasteiger partial charge in [0.1, 0.15) is 4.60 Å². The highest BCUT2D eigenvalue weighted by molar-refractivity contribution is 9.10. The van der Waals surface area contributed by atoms with Crippen molar-refractivity contribution in [2.45, 2.75) is 6.29 Å². The van der Waals surface area contributed by atoms with E-state index in [-0.39, 0.29) is 10.3 Å². The molecule has 0 aliphatic rings. The summed E-state index contributed by atoms with van der Waals surface area (Å²) in [4.78, 5) is 14.5. The maximum absolute atomic E-state index is 13.3. The number of hydrogen-bond donors (Lipinski definition) is 1. The molecule has 16 heavy (non-hydrogen) atoms. The molecule has 0 aromatic carbocycles. The molecule has 0 saturated carbocycles. The first-order valence-electron chi connectivity index (χ1n) is 4.16. The highest BCUT2D eigenvalue weighted by atomic mass is 79.9. The topological polar surface area (TPSA) is 68.7 Å². The average Bonchev–Trinajstić information content (AvgIpc) is 2.24. The molecule has 0 aliphatic carbocycles. The largest absolute Gasteiger partial charge is 0.478 e. The molecule has 1 aromatic rings. The minimum absolute atomic E-state index is 0.177. The summed E-state index contributed by atoms with van der Waals surface area (Å²) < 4.78 is 22.9. The number of hydrogen-bond acceptors (Lipinski definition) is 4. The van der Waals surface area contributed by atoms with Gasteiger partial charge in [-0.05, 0) is 22.0 Å². The molecular weight excluding hydrogens is 285 g/mol. The van der Waals surface area contributed by atoms with Crippen molar-refractivity contribution in [3.8, 4) is 0 Å². The van der Waals surface area contributed by atoms with Gasteiger partial charge < -0.3 is 14.6 Å². The molecule has 1 aromatic heterocycles. The average molecular weight is 294 g/mol. The number of carbonyl (C=O) groups is 1. The zero-order valence-electron chi connectivity index (χ0n) is 8.53. The zero-order valence-corrected chi connectivity index (χ0v) is 10.1. The van der Waals surface area contributed by atoms with Crippen LogP contribution in [-0.4, -0.2) is 30.3 Å². The van der Waals surface area contributed by atoms with Gasteiger partial charge in [-0.3, -0.25) is 0 Å². The summed E-state index contributed by atoms with van der Waals surface area (Å²) in [6, 6.07) is 1.07. The normalized spacial score (nSPS) is 10.8. The molecule has 0 saturated heterocycles. The molecule has 1 N–H and O–H groups in total. The Labute approximate surface area is 99.3 Å². The molecule has 0 radical (unpaired) electrons. The number of carboxylic acids is 1. The van der Waals surface area contributed by atoms with Gasteiger partial charge >= 0.3 is 5.97 Å². The molecule has 5 nitrogen and oxygen atoms in total. The number of methoxy groups -OCH3 is 2. The van der Waals surface area contributed by atoms with Crippen molar-refractivity contribution in [2.75, 3.05) is 14.2 Å². The van der Waals surface area contributed by atoms with E-state index in [1.165, 1.54) is 14.2 Å². The van der Waals surface area contributed by atoms with Crippen LogP contribution in [0.3, 0.4) is 0 Å². The van der Waals surface area contributed by atoms with Crippen molar-refractivity contribution in [1.29, 1.82) is 0 Å². The van der Waals surface area contributed by atoms with Gasteiger partial charge in [-0.15, -0.1) is 0 Å². The lowest BCUT2D eigenvalue weighted by molar-refractivity contribution is -0.108. The summed E-state index contributed by atoms with van der Waals surface area (Å²) in [6.07, 6.45) is -0.838. The van der Waals surface area contributed by atoms with Crippen LogP contribution in [0.15, 0.2) is 10.7 Å². The van der Waals surface area contributed by atoms with Crippen molar-refractivity contribution in [1.82, 2.24) is 4.98 Å². The minimum Gasteiger partial charge on any atom is -0.478 e. The third-order valence-electron chi connectivity index (χ3n) is 1.84. The van der Waals surface area contributed by atoms with Crippen LogP contribution >= 0.6 is 15.9 Å². The van der Waals surface area contributed by atoms with Crippen LogP contribution in [0, 0.1) is 5.82 Å². The van der Waals surface area contributed by atoms with E-state index in [1.807, 2.05) is 0 Å². The van der Waals surface area contributed by atoms with Gasteiger partial charge in [0.05, 0.1) is 11.3 Å². The summed E-state index contributed by atoms with van der Waals surface area (Å²) in [6.45, 7) is 0. The van der Waals surface area contributed by atoms with Crippen molar-refractivity contribution >= 4 is 21.9 Å². The van der Waals surface area contributed by atoms with Crippen molar-refractivity contribution in [3.05, 3.63) is 27.7 Å². The summed E-state index contributed by atoms with van der Waals surface area (Å²) in [7, 11) is 2.74.